The van der Waals surface area contributed by atoms with Crippen LogP contribution in [0.1, 0.15) is 17.9 Å². The maximum absolute atomic E-state index is 12.6. The van der Waals surface area contributed by atoms with Crippen molar-refractivity contribution < 1.29 is 14.7 Å². The van der Waals surface area contributed by atoms with E-state index in [-0.39, 0.29) is 24.3 Å². The average Bonchev–Trinajstić information content (AvgIpc) is 3.22. The first-order valence-electron chi connectivity index (χ1n) is 7.40. The largest absolute Gasteiger partial charge is 0.480 e. The zero-order chi connectivity index (χ0) is 17.1. The highest BCUT2D eigenvalue weighted by molar-refractivity contribution is 6.35. The molecule has 1 aromatic rings. The number of carboxylic acid groups (broad SMARTS) is 1. The first-order valence-corrected chi connectivity index (χ1v) is 8.15. The number of amides is 1. The second kappa shape index (κ2) is 7.51. The van der Waals surface area contributed by atoms with Crippen molar-refractivity contribution in [1.29, 1.82) is 0 Å². The number of carbonyl (C=O) groups excluding carboxylic acids is 1. The minimum absolute atomic E-state index is 0.0444. The van der Waals surface area contributed by atoms with Gasteiger partial charge in [-0.05, 0) is 44.1 Å². The Labute approximate surface area is 145 Å². The molecule has 1 aliphatic rings. The summed E-state index contributed by atoms with van der Waals surface area (Å²) >= 11 is 12.1. The minimum Gasteiger partial charge on any atom is -0.480 e. The fourth-order valence-electron chi connectivity index (χ4n) is 2.60. The van der Waals surface area contributed by atoms with Gasteiger partial charge in [0.25, 0.3) is 0 Å². The van der Waals surface area contributed by atoms with Crippen molar-refractivity contribution in [2.45, 2.75) is 12.3 Å². The summed E-state index contributed by atoms with van der Waals surface area (Å²) in [6.45, 7) is 0.748. The Balaban J connectivity index is 2.05. The molecule has 1 amide bonds. The van der Waals surface area contributed by atoms with E-state index in [2.05, 4.69) is 0 Å². The number of carboxylic acids is 1. The Bertz CT molecular complexity index is 607. The van der Waals surface area contributed by atoms with Crippen molar-refractivity contribution in [2.75, 3.05) is 33.7 Å². The molecule has 0 saturated heterocycles. The van der Waals surface area contributed by atoms with Gasteiger partial charge in [-0.15, -0.1) is 0 Å². The molecule has 0 heterocycles. The molecule has 23 heavy (non-hydrogen) atoms. The maximum atomic E-state index is 12.6. The Hall–Kier alpha value is -1.30. The van der Waals surface area contributed by atoms with Crippen LogP contribution in [0.4, 0.5) is 0 Å². The van der Waals surface area contributed by atoms with Crippen molar-refractivity contribution in [1.82, 2.24) is 9.80 Å². The lowest BCUT2D eigenvalue weighted by atomic mass is 10.1. The fourth-order valence-corrected chi connectivity index (χ4v) is 3.15. The lowest BCUT2D eigenvalue weighted by Crippen LogP contribution is -2.41. The van der Waals surface area contributed by atoms with E-state index in [0.29, 0.717) is 29.6 Å². The van der Waals surface area contributed by atoms with Crippen LogP contribution in [-0.4, -0.2) is 60.5 Å². The normalized spacial score (nSPS) is 19.7. The summed E-state index contributed by atoms with van der Waals surface area (Å²) in [5.41, 5.74) is 0.900. The zero-order valence-electron chi connectivity index (χ0n) is 13.1. The predicted molar refractivity (Wildman–Crippen MR) is 90.1 cm³/mol. The number of carbonyl (C=O) groups is 2. The van der Waals surface area contributed by atoms with Gasteiger partial charge in [0.15, 0.2) is 0 Å². The third-order valence-electron chi connectivity index (χ3n) is 3.92. The Morgan fingerprint density at radius 1 is 1.26 bits per heavy atom. The molecule has 2 rings (SSSR count). The molecule has 1 aliphatic carbocycles. The van der Waals surface area contributed by atoms with Gasteiger partial charge >= 0.3 is 5.97 Å². The van der Waals surface area contributed by atoms with E-state index in [1.807, 2.05) is 25.1 Å². The summed E-state index contributed by atoms with van der Waals surface area (Å²) in [6, 6.07) is 5.26. The van der Waals surface area contributed by atoms with Crippen LogP contribution in [0.15, 0.2) is 18.2 Å². The van der Waals surface area contributed by atoms with E-state index >= 15 is 0 Å². The molecule has 126 valence electrons. The molecule has 5 nitrogen and oxygen atoms in total. The number of hydrogen-bond acceptors (Lipinski definition) is 3. The van der Waals surface area contributed by atoms with Crippen LogP contribution >= 0.6 is 23.2 Å². The molecular formula is C16H20Cl2N2O3. The van der Waals surface area contributed by atoms with E-state index in [1.54, 1.807) is 12.1 Å². The molecule has 2 atom stereocenters. The van der Waals surface area contributed by atoms with E-state index < -0.39 is 5.97 Å². The molecule has 1 aromatic carbocycles. The van der Waals surface area contributed by atoms with E-state index in [4.69, 9.17) is 28.3 Å². The van der Waals surface area contributed by atoms with Gasteiger partial charge in [0.2, 0.25) is 5.91 Å². The molecule has 0 aliphatic heterocycles. The summed E-state index contributed by atoms with van der Waals surface area (Å²) in [6.07, 6.45) is 0.693. The van der Waals surface area contributed by atoms with E-state index in [0.717, 1.165) is 5.56 Å². The summed E-state index contributed by atoms with van der Waals surface area (Å²) in [5.74, 6) is -1.28. The predicted octanol–water partition coefficient (Wildman–Crippen LogP) is 2.57. The molecule has 1 fully saturated rings. The summed E-state index contributed by atoms with van der Waals surface area (Å²) in [4.78, 5) is 26.9. The van der Waals surface area contributed by atoms with Crippen LogP contribution in [0.5, 0.6) is 0 Å². The van der Waals surface area contributed by atoms with Crippen LogP contribution in [0.2, 0.25) is 10.0 Å². The van der Waals surface area contributed by atoms with Gasteiger partial charge in [-0.1, -0.05) is 29.3 Å². The Kier molecular flexibility index (Phi) is 5.89. The third kappa shape index (κ3) is 4.83. The van der Waals surface area contributed by atoms with Gasteiger partial charge in [-0.2, -0.15) is 0 Å². The van der Waals surface area contributed by atoms with Crippen molar-refractivity contribution >= 4 is 35.1 Å². The van der Waals surface area contributed by atoms with Crippen LogP contribution in [0.25, 0.3) is 0 Å². The molecule has 1 N–H and O–H groups in total. The van der Waals surface area contributed by atoms with Crippen LogP contribution in [0, 0.1) is 5.92 Å². The number of halogens is 2. The van der Waals surface area contributed by atoms with Gasteiger partial charge in [-0.3, -0.25) is 9.59 Å². The number of benzene rings is 1. The van der Waals surface area contributed by atoms with E-state index in [1.165, 1.54) is 4.90 Å². The summed E-state index contributed by atoms with van der Waals surface area (Å²) in [5, 5.41) is 10.1. The molecule has 0 spiro atoms. The zero-order valence-corrected chi connectivity index (χ0v) is 14.6. The van der Waals surface area contributed by atoms with Crippen molar-refractivity contribution in [3.8, 4) is 0 Å². The topological polar surface area (TPSA) is 60.9 Å². The van der Waals surface area contributed by atoms with Crippen LogP contribution < -0.4 is 0 Å². The van der Waals surface area contributed by atoms with Crippen LogP contribution in [-0.2, 0) is 9.59 Å². The fraction of sp³-hybridized carbons (Fsp3) is 0.500. The third-order valence-corrected chi connectivity index (χ3v) is 4.49. The number of hydrogen-bond donors (Lipinski definition) is 1. The number of aliphatic carboxylic acids is 1. The highest BCUT2D eigenvalue weighted by atomic mass is 35.5. The lowest BCUT2D eigenvalue weighted by molar-refractivity contribution is -0.145. The van der Waals surface area contributed by atoms with Gasteiger partial charge in [-0.25, -0.2) is 0 Å². The number of likely N-dealkylation sites (N-methyl/N-ethyl adjacent to an activating group) is 1. The highest BCUT2D eigenvalue weighted by Crippen LogP contribution is 2.50. The van der Waals surface area contributed by atoms with Gasteiger partial charge in [0.1, 0.15) is 6.54 Å². The SMILES string of the molecule is CN(C)CCN(CC(=O)O)C(=O)[C@H]1C[C@H]1c1ccc(Cl)cc1Cl. The van der Waals surface area contributed by atoms with Crippen molar-refractivity contribution in [3.63, 3.8) is 0 Å². The monoisotopic (exact) mass is 358 g/mol. The summed E-state index contributed by atoms with van der Waals surface area (Å²) < 4.78 is 0. The summed E-state index contributed by atoms with van der Waals surface area (Å²) in [7, 11) is 3.77. The number of nitrogens with zero attached hydrogens (tertiary/aromatic N) is 2. The molecule has 0 aromatic heterocycles. The number of rotatable bonds is 7. The van der Waals surface area contributed by atoms with Gasteiger partial charge in [0.05, 0.1) is 0 Å². The highest BCUT2D eigenvalue weighted by Gasteiger charge is 2.46. The average molecular weight is 359 g/mol. The second-order valence-electron chi connectivity index (χ2n) is 6.07. The lowest BCUT2D eigenvalue weighted by Gasteiger charge is -2.23. The van der Waals surface area contributed by atoms with Crippen molar-refractivity contribution in [3.05, 3.63) is 33.8 Å². The maximum Gasteiger partial charge on any atom is 0.323 e. The second-order valence-corrected chi connectivity index (χ2v) is 6.91. The molecule has 0 bridgehead atoms. The Morgan fingerprint density at radius 2 is 1.96 bits per heavy atom. The molecule has 1 saturated carbocycles. The van der Waals surface area contributed by atoms with Gasteiger partial charge < -0.3 is 14.9 Å². The van der Waals surface area contributed by atoms with E-state index in [9.17, 15) is 9.59 Å². The smallest absolute Gasteiger partial charge is 0.323 e. The molecule has 0 unspecified atom stereocenters. The standard InChI is InChI=1S/C16H20Cl2N2O3/c1-19(2)5-6-20(9-15(21)22)16(23)13-8-12(13)11-4-3-10(17)7-14(11)18/h3-4,7,12-13H,5-6,8-9H2,1-2H3,(H,21,22)/t12-,13-/m0/s1. The minimum atomic E-state index is -1.00. The quantitative estimate of drug-likeness (QED) is 0.813. The Morgan fingerprint density at radius 3 is 2.52 bits per heavy atom. The molecule has 7 heteroatoms. The van der Waals surface area contributed by atoms with Gasteiger partial charge in [0, 0.05) is 29.1 Å². The van der Waals surface area contributed by atoms with Crippen molar-refractivity contribution in [2.24, 2.45) is 5.92 Å². The molecule has 0 radical (unpaired) electrons. The molecular weight excluding hydrogens is 339 g/mol. The first-order chi connectivity index (χ1) is 10.8. The van der Waals surface area contributed by atoms with Crippen LogP contribution in [0.3, 0.4) is 0 Å². The first kappa shape index (κ1) is 18.0.